The van der Waals surface area contributed by atoms with Crippen LogP contribution in [0.5, 0.6) is 0 Å². The Bertz CT molecular complexity index is 1540. The number of hydrogen-bond donors (Lipinski definition) is 1. The van der Waals surface area contributed by atoms with Crippen LogP contribution < -0.4 is 9.62 Å². The number of amides is 1. The van der Waals surface area contributed by atoms with Gasteiger partial charge in [-0.25, -0.2) is 18.4 Å². The molecule has 1 aliphatic rings. The number of halogens is 1. The number of carbonyl (C=O) groups excluding carboxylic acids is 1. The molecule has 37 heavy (non-hydrogen) atoms. The topological polar surface area (TPSA) is 100 Å². The summed E-state index contributed by atoms with van der Waals surface area (Å²) in [4.78, 5) is 25.3. The number of benzene rings is 2. The standard InChI is InChI=1S/C26H27ClN6O3S.H2/c1-18-15-20-16-21(27)3-8-24(20)33(18)19(2)26(34)32-13-11-31(12-14-32)22-4-6-23(7-5-22)37(35,36)30-25-9-10-28-17-29-25;/h3-10,15-17,19H,11-14H2,1-2H3,(H,28,29,30);1H. The number of piperazine rings is 1. The molecule has 11 heteroatoms. The van der Waals surface area contributed by atoms with Crippen molar-refractivity contribution in [1.29, 1.82) is 0 Å². The molecular formula is C26H29ClN6O3S. The number of fused-ring (bicyclic) bond motifs is 1. The maximum absolute atomic E-state index is 13.4. The third-order valence-electron chi connectivity index (χ3n) is 6.66. The van der Waals surface area contributed by atoms with E-state index in [2.05, 4.69) is 30.2 Å². The summed E-state index contributed by atoms with van der Waals surface area (Å²) in [6, 6.07) is 15.6. The van der Waals surface area contributed by atoms with Gasteiger partial charge in [-0.2, -0.15) is 0 Å². The van der Waals surface area contributed by atoms with Crippen LogP contribution in [0.25, 0.3) is 10.9 Å². The summed E-state index contributed by atoms with van der Waals surface area (Å²) in [6.45, 7) is 6.42. The number of aryl methyl sites for hydroxylation is 1. The molecule has 4 aromatic rings. The van der Waals surface area contributed by atoms with E-state index >= 15 is 0 Å². The van der Waals surface area contributed by atoms with Crippen LogP contribution in [0.2, 0.25) is 5.02 Å². The van der Waals surface area contributed by atoms with Gasteiger partial charge in [0, 0.05) is 61.1 Å². The minimum atomic E-state index is -3.75. The third-order valence-corrected chi connectivity index (χ3v) is 8.27. The molecule has 0 bridgehead atoms. The molecule has 0 aliphatic carbocycles. The molecule has 9 nitrogen and oxygen atoms in total. The van der Waals surface area contributed by atoms with Crippen molar-refractivity contribution in [3.63, 3.8) is 0 Å². The molecule has 0 radical (unpaired) electrons. The zero-order chi connectivity index (χ0) is 26.2. The number of aromatic nitrogens is 3. The van der Waals surface area contributed by atoms with E-state index in [1.54, 1.807) is 24.3 Å². The van der Waals surface area contributed by atoms with Crippen LogP contribution in [-0.2, 0) is 14.8 Å². The zero-order valence-corrected chi connectivity index (χ0v) is 22.1. The Kier molecular flexibility index (Phi) is 6.78. The van der Waals surface area contributed by atoms with Gasteiger partial charge in [0.2, 0.25) is 5.91 Å². The predicted molar refractivity (Wildman–Crippen MR) is 147 cm³/mol. The molecule has 1 atom stereocenters. The third kappa shape index (κ3) is 5.12. The highest BCUT2D eigenvalue weighted by Crippen LogP contribution is 2.28. The van der Waals surface area contributed by atoms with Gasteiger partial charge in [-0.3, -0.25) is 9.52 Å². The first kappa shape index (κ1) is 25.0. The van der Waals surface area contributed by atoms with E-state index in [0.717, 1.165) is 22.3 Å². The lowest BCUT2D eigenvalue weighted by Crippen LogP contribution is -2.50. The van der Waals surface area contributed by atoms with E-state index in [0.29, 0.717) is 31.2 Å². The van der Waals surface area contributed by atoms with Gasteiger partial charge in [0.05, 0.1) is 4.90 Å². The molecule has 0 saturated carbocycles. The second-order valence-electron chi connectivity index (χ2n) is 9.04. The Morgan fingerprint density at radius 3 is 2.46 bits per heavy atom. The minimum Gasteiger partial charge on any atom is -0.368 e. The molecule has 194 valence electrons. The number of carbonyl (C=O) groups is 1. The average molecular weight is 541 g/mol. The van der Waals surface area contributed by atoms with Gasteiger partial charge in [-0.15, -0.1) is 0 Å². The van der Waals surface area contributed by atoms with Crippen LogP contribution in [0.4, 0.5) is 11.5 Å². The van der Waals surface area contributed by atoms with Crippen LogP contribution in [0.1, 0.15) is 20.1 Å². The molecular weight excluding hydrogens is 512 g/mol. The molecule has 1 unspecified atom stereocenters. The quantitative estimate of drug-likeness (QED) is 0.390. The van der Waals surface area contributed by atoms with Gasteiger partial charge in [-0.1, -0.05) is 11.6 Å². The number of hydrogen-bond acceptors (Lipinski definition) is 6. The fraction of sp³-hybridized carbons (Fsp3) is 0.269. The molecule has 1 aliphatic heterocycles. The Hall–Kier alpha value is -3.63. The lowest BCUT2D eigenvalue weighted by molar-refractivity contribution is -0.134. The predicted octanol–water partition coefficient (Wildman–Crippen LogP) is 4.35. The Morgan fingerprint density at radius 1 is 1.05 bits per heavy atom. The first-order valence-electron chi connectivity index (χ1n) is 11.9. The van der Waals surface area contributed by atoms with E-state index in [-0.39, 0.29) is 24.1 Å². The van der Waals surface area contributed by atoms with E-state index in [9.17, 15) is 13.2 Å². The van der Waals surface area contributed by atoms with E-state index in [1.165, 1.54) is 18.6 Å². The fourth-order valence-electron chi connectivity index (χ4n) is 4.80. The van der Waals surface area contributed by atoms with Gasteiger partial charge >= 0.3 is 0 Å². The number of anilines is 2. The van der Waals surface area contributed by atoms with Gasteiger partial charge in [-0.05, 0) is 68.4 Å². The molecule has 3 heterocycles. The zero-order valence-electron chi connectivity index (χ0n) is 20.5. The van der Waals surface area contributed by atoms with Crippen LogP contribution in [0, 0.1) is 6.92 Å². The maximum Gasteiger partial charge on any atom is 0.263 e. The van der Waals surface area contributed by atoms with Gasteiger partial charge < -0.3 is 14.4 Å². The fourth-order valence-corrected chi connectivity index (χ4v) is 5.99. The van der Waals surface area contributed by atoms with Crippen molar-refractivity contribution in [3.8, 4) is 0 Å². The van der Waals surface area contributed by atoms with Gasteiger partial charge in [0.1, 0.15) is 18.2 Å². The Labute approximate surface area is 222 Å². The molecule has 5 rings (SSSR count). The number of rotatable bonds is 6. The first-order valence-corrected chi connectivity index (χ1v) is 13.8. The number of nitrogens with one attached hydrogen (secondary N) is 1. The van der Waals surface area contributed by atoms with E-state index in [4.69, 9.17) is 11.6 Å². The Morgan fingerprint density at radius 2 is 1.78 bits per heavy atom. The highest BCUT2D eigenvalue weighted by atomic mass is 35.5. The second kappa shape index (κ2) is 10.0. The summed E-state index contributed by atoms with van der Waals surface area (Å²) in [5.41, 5.74) is 2.91. The first-order chi connectivity index (χ1) is 17.7. The van der Waals surface area contributed by atoms with E-state index < -0.39 is 10.0 Å². The monoisotopic (exact) mass is 540 g/mol. The normalized spacial score (nSPS) is 15.1. The van der Waals surface area contributed by atoms with Crippen molar-refractivity contribution >= 4 is 49.9 Å². The molecule has 1 saturated heterocycles. The minimum absolute atomic E-state index is 0. The highest BCUT2D eigenvalue weighted by molar-refractivity contribution is 7.92. The number of nitrogens with zero attached hydrogens (tertiary/aromatic N) is 5. The smallest absolute Gasteiger partial charge is 0.263 e. The van der Waals surface area contributed by atoms with Crippen LogP contribution in [0.3, 0.4) is 0 Å². The molecule has 1 amide bonds. The molecule has 2 aromatic heterocycles. The summed E-state index contributed by atoms with van der Waals surface area (Å²) < 4.78 is 29.8. The summed E-state index contributed by atoms with van der Waals surface area (Å²) in [7, 11) is -3.75. The van der Waals surface area contributed by atoms with Crippen LogP contribution in [0.15, 0.2) is 72.0 Å². The summed E-state index contributed by atoms with van der Waals surface area (Å²) >= 11 is 6.15. The van der Waals surface area contributed by atoms with Crippen molar-refractivity contribution in [2.24, 2.45) is 0 Å². The molecule has 1 fully saturated rings. The molecule has 2 aromatic carbocycles. The summed E-state index contributed by atoms with van der Waals surface area (Å²) in [5, 5.41) is 1.69. The van der Waals surface area contributed by atoms with Crippen LogP contribution in [-0.4, -0.2) is 59.9 Å². The van der Waals surface area contributed by atoms with Gasteiger partial charge in [0.15, 0.2) is 0 Å². The summed E-state index contributed by atoms with van der Waals surface area (Å²) in [5.74, 6) is 0.286. The highest BCUT2D eigenvalue weighted by Gasteiger charge is 2.27. The molecule has 1 N–H and O–H groups in total. The van der Waals surface area contributed by atoms with Crippen molar-refractivity contribution in [2.45, 2.75) is 24.8 Å². The second-order valence-corrected chi connectivity index (χ2v) is 11.2. The van der Waals surface area contributed by atoms with Crippen LogP contribution >= 0.6 is 11.6 Å². The van der Waals surface area contributed by atoms with Crippen molar-refractivity contribution in [1.82, 2.24) is 19.4 Å². The SMILES string of the molecule is Cc1cc2cc(Cl)ccc2n1C(C)C(=O)N1CCN(c2ccc(S(=O)(=O)Nc3ccncn3)cc2)CC1.[HH]. The largest absolute Gasteiger partial charge is 0.368 e. The molecule has 0 spiro atoms. The van der Waals surface area contributed by atoms with Gasteiger partial charge in [0.25, 0.3) is 10.0 Å². The van der Waals surface area contributed by atoms with Crippen molar-refractivity contribution < 1.29 is 14.6 Å². The van der Waals surface area contributed by atoms with E-state index in [1.807, 2.05) is 36.9 Å². The lowest BCUT2D eigenvalue weighted by Gasteiger charge is -2.37. The lowest BCUT2D eigenvalue weighted by atomic mass is 10.2. The summed E-state index contributed by atoms with van der Waals surface area (Å²) in [6.07, 6.45) is 2.75. The van der Waals surface area contributed by atoms with Crippen molar-refractivity contribution in [2.75, 3.05) is 35.8 Å². The number of sulfonamides is 1. The van der Waals surface area contributed by atoms with Crippen molar-refractivity contribution in [3.05, 3.63) is 77.8 Å². The maximum atomic E-state index is 13.4. The average Bonchev–Trinajstić information content (AvgIpc) is 3.23. The Balaban J connectivity index is 0.00000336.